The Balaban J connectivity index is 2.00. The van der Waals surface area contributed by atoms with Crippen molar-refractivity contribution in [2.75, 3.05) is 18.0 Å². The minimum Gasteiger partial charge on any atom is -0.371 e. The number of primary amides is 1. The van der Waals surface area contributed by atoms with Crippen molar-refractivity contribution >= 4 is 11.6 Å². The molecule has 0 aliphatic carbocycles. The lowest BCUT2D eigenvalue weighted by molar-refractivity contribution is -0.113. The van der Waals surface area contributed by atoms with E-state index >= 15 is 0 Å². The number of carbonyl (C=O) groups excluding carboxylic acids is 1. The number of nitrogens with zero attached hydrogens (tertiary/aromatic N) is 1. The summed E-state index contributed by atoms with van der Waals surface area (Å²) in [6.07, 6.45) is 5.71. The molecule has 1 fully saturated rings. The number of benzene rings is 1. The average Bonchev–Trinajstić information content (AvgIpc) is 2.38. The van der Waals surface area contributed by atoms with Crippen molar-refractivity contribution in [3.05, 3.63) is 42.5 Å². The second-order valence-electron chi connectivity index (χ2n) is 4.45. The molecular formula is C14H18N2O. The molecule has 0 saturated carbocycles. The van der Waals surface area contributed by atoms with Crippen molar-refractivity contribution in [2.45, 2.75) is 12.8 Å². The Morgan fingerprint density at radius 3 is 2.82 bits per heavy atom. The number of piperidine rings is 1. The highest BCUT2D eigenvalue weighted by molar-refractivity contribution is 5.85. The third kappa shape index (κ3) is 3.34. The fourth-order valence-corrected chi connectivity index (χ4v) is 2.27. The van der Waals surface area contributed by atoms with Crippen LogP contribution in [-0.2, 0) is 4.79 Å². The molecule has 1 atom stereocenters. The predicted molar refractivity (Wildman–Crippen MR) is 69.7 cm³/mol. The monoisotopic (exact) mass is 230 g/mol. The molecule has 1 saturated heterocycles. The maximum atomic E-state index is 10.7. The number of hydrogen-bond donors (Lipinski definition) is 1. The highest BCUT2D eigenvalue weighted by Crippen LogP contribution is 2.23. The molecule has 3 nitrogen and oxygen atoms in total. The van der Waals surface area contributed by atoms with Gasteiger partial charge in [0.1, 0.15) is 0 Å². The molecule has 0 bridgehead atoms. The number of amides is 1. The van der Waals surface area contributed by atoms with Gasteiger partial charge in [0.05, 0.1) is 0 Å². The van der Waals surface area contributed by atoms with Crippen LogP contribution in [0.5, 0.6) is 0 Å². The van der Waals surface area contributed by atoms with Gasteiger partial charge < -0.3 is 10.6 Å². The molecule has 1 unspecified atom stereocenters. The largest absolute Gasteiger partial charge is 0.371 e. The van der Waals surface area contributed by atoms with Crippen LogP contribution < -0.4 is 10.6 Å². The molecule has 0 spiro atoms. The Morgan fingerprint density at radius 2 is 2.12 bits per heavy atom. The van der Waals surface area contributed by atoms with Crippen LogP contribution in [0.1, 0.15) is 12.8 Å². The van der Waals surface area contributed by atoms with Gasteiger partial charge in [0.25, 0.3) is 0 Å². The van der Waals surface area contributed by atoms with Crippen molar-refractivity contribution < 1.29 is 4.79 Å². The van der Waals surface area contributed by atoms with Crippen LogP contribution in [0.2, 0.25) is 0 Å². The molecule has 1 aliphatic rings. The second kappa shape index (κ2) is 5.53. The van der Waals surface area contributed by atoms with E-state index in [1.54, 1.807) is 0 Å². The Hall–Kier alpha value is -1.77. The fourth-order valence-electron chi connectivity index (χ4n) is 2.27. The zero-order valence-electron chi connectivity index (χ0n) is 9.88. The maximum absolute atomic E-state index is 10.7. The SMILES string of the molecule is NC(=O)/C=C/C1CCCN(c2ccccc2)C1. The predicted octanol–water partition coefficient (Wildman–Crippen LogP) is 1.94. The fraction of sp³-hybridized carbons (Fsp3) is 0.357. The highest BCUT2D eigenvalue weighted by Gasteiger charge is 2.17. The Labute approximate surface area is 102 Å². The average molecular weight is 230 g/mol. The number of nitrogens with two attached hydrogens (primary N) is 1. The van der Waals surface area contributed by atoms with Crippen molar-refractivity contribution in [2.24, 2.45) is 11.7 Å². The lowest BCUT2D eigenvalue weighted by atomic mass is 9.97. The van der Waals surface area contributed by atoms with E-state index in [1.165, 1.54) is 11.8 Å². The van der Waals surface area contributed by atoms with Gasteiger partial charge in [-0.15, -0.1) is 0 Å². The van der Waals surface area contributed by atoms with E-state index in [-0.39, 0.29) is 5.91 Å². The molecule has 17 heavy (non-hydrogen) atoms. The van der Waals surface area contributed by atoms with E-state index < -0.39 is 0 Å². The lowest BCUT2D eigenvalue weighted by Crippen LogP contribution is -2.34. The summed E-state index contributed by atoms with van der Waals surface area (Å²) in [6, 6.07) is 10.4. The molecular weight excluding hydrogens is 212 g/mol. The Kier molecular flexibility index (Phi) is 3.81. The van der Waals surface area contributed by atoms with Crippen LogP contribution in [0.25, 0.3) is 0 Å². The summed E-state index contributed by atoms with van der Waals surface area (Å²) in [5.41, 5.74) is 6.37. The molecule has 2 rings (SSSR count). The molecule has 1 aromatic carbocycles. The first-order valence-electron chi connectivity index (χ1n) is 6.03. The lowest BCUT2D eigenvalue weighted by Gasteiger charge is -2.33. The van der Waals surface area contributed by atoms with Crippen LogP contribution in [0, 0.1) is 5.92 Å². The minimum absolute atomic E-state index is 0.359. The third-order valence-electron chi connectivity index (χ3n) is 3.11. The molecule has 3 heteroatoms. The van der Waals surface area contributed by atoms with E-state index in [0.29, 0.717) is 5.92 Å². The molecule has 2 N–H and O–H groups in total. The van der Waals surface area contributed by atoms with Crippen LogP contribution >= 0.6 is 0 Å². The molecule has 0 aromatic heterocycles. The first-order chi connectivity index (χ1) is 8.25. The first-order valence-corrected chi connectivity index (χ1v) is 6.03. The quantitative estimate of drug-likeness (QED) is 0.807. The molecule has 1 aliphatic heterocycles. The van der Waals surface area contributed by atoms with Gasteiger partial charge in [-0.3, -0.25) is 4.79 Å². The summed E-state index contributed by atoms with van der Waals surface area (Å²) in [4.78, 5) is 13.1. The standard InChI is InChI=1S/C14H18N2O/c15-14(17)9-8-12-5-4-10-16(11-12)13-6-2-1-3-7-13/h1-3,6-9,12H,4-5,10-11H2,(H2,15,17)/b9-8+. The normalized spacial score (nSPS) is 20.7. The highest BCUT2D eigenvalue weighted by atomic mass is 16.1. The van der Waals surface area contributed by atoms with E-state index in [1.807, 2.05) is 12.1 Å². The van der Waals surface area contributed by atoms with Gasteiger partial charge >= 0.3 is 0 Å². The van der Waals surface area contributed by atoms with Gasteiger partial charge in [-0.25, -0.2) is 0 Å². The van der Waals surface area contributed by atoms with E-state index in [4.69, 9.17) is 5.73 Å². The van der Waals surface area contributed by atoms with Crippen LogP contribution in [0.15, 0.2) is 42.5 Å². The summed E-state index contributed by atoms with van der Waals surface area (Å²) >= 11 is 0. The summed E-state index contributed by atoms with van der Waals surface area (Å²) in [5.74, 6) is 0.0679. The van der Waals surface area contributed by atoms with Gasteiger partial charge in [0.2, 0.25) is 5.91 Å². The summed E-state index contributed by atoms with van der Waals surface area (Å²) in [6.45, 7) is 2.05. The number of anilines is 1. The third-order valence-corrected chi connectivity index (χ3v) is 3.11. The van der Waals surface area contributed by atoms with Gasteiger partial charge in [-0.2, -0.15) is 0 Å². The molecule has 1 aromatic rings. The first kappa shape index (κ1) is 11.7. The van der Waals surface area contributed by atoms with Crippen molar-refractivity contribution in [1.29, 1.82) is 0 Å². The van der Waals surface area contributed by atoms with E-state index in [0.717, 1.165) is 25.9 Å². The van der Waals surface area contributed by atoms with Gasteiger partial charge in [0.15, 0.2) is 0 Å². The summed E-state index contributed by atoms with van der Waals surface area (Å²) < 4.78 is 0. The van der Waals surface area contributed by atoms with Crippen LogP contribution in [0.4, 0.5) is 5.69 Å². The van der Waals surface area contributed by atoms with Crippen LogP contribution in [-0.4, -0.2) is 19.0 Å². The Bertz CT molecular complexity index is 400. The number of para-hydroxylation sites is 1. The molecule has 1 heterocycles. The number of hydrogen-bond acceptors (Lipinski definition) is 2. The van der Waals surface area contributed by atoms with Crippen molar-refractivity contribution in [3.63, 3.8) is 0 Å². The van der Waals surface area contributed by atoms with Gasteiger partial charge in [-0.05, 0) is 37.0 Å². The van der Waals surface area contributed by atoms with Gasteiger partial charge in [-0.1, -0.05) is 24.3 Å². The summed E-state index contributed by atoms with van der Waals surface area (Å²) in [5, 5.41) is 0. The topological polar surface area (TPSA) is 46.3 Å². The zero-order chi connectivity index (χ0) is 12.1. The second-order valence-corrected chi connectivity index (χ2v) is 4.45. The maximum Gasteiger partial charge on any atom is 0.241 e. The Morgan fingerprint density at radius 1 is 1.35 bits per heavy atom. The molecule has 0 radical (unpaired) electrons. The number of rotatable bonds is 3. The number of carbonyl (C=O) groups is 1. The van der Waals surface area contributed by atoms with Crippen molar-refractivity contribution in [3.8, 4) is 0 Å². The summed E-state index contributed by atoms with van der Waals surface area (Å²) in [7, 11) is 0. The molecule has 1 amide bonds. The zero-order valence-corrected chi connectivity index (χ0v) is 9.88. The minimum atomic E-state index is -0.359. The van der Waals surface area contributed by atoms with Crippen molar-refractivity contribution in [1.82, 2.24) is 0 Å². The van der Waals surface area contributed by atoms with Gasteiger partial charge in [0, 0.05) is 18.8 Å². The van der Waals surface area contributed by atoms with E-state index in [9.17, 15) is 4.79 Å². The smallest absolute Gasteiger partial charge is 0.241 e. The van der Waals surface area contributed by atoms with Crippen LogP contribution in [0.3, 0.4) is 0 Å². The molecule has 90 valence electrons. The van der Waals surface area contributed by atoms with E-state index in [2.05, 4.69) is 29.2 Å².